The van der Waals surface area contributed by atoms with E-state index in [-0.39, 0.29) is 12.3 Å². The molecule has 1 amide bonds. The lowest BCUT2D eigenvalue weighted by molar-refractivity contribution is -0.117. The van der Waals surface area contributed by atoms with Gasteiger partial charge < -0.3 is 9.32 Å². The van der Waals surface area contributed by atoms with Gasteiger partial charge in [-0.05, 0) is 0 Å². The Morgan fingerprint density at radius 3 is 2.86 bits per heavy atom. The fourth-order valence-electron chi connectivity index (χ4n) is 1.03. The van der Waals surface area contributed by atoms with Crippen LogP contribution < -0.4 is 4.90 Å². The molecule has 0 aromatic carbocycles. The zero-order valence-electron chi connectivity index (χ0n) is 7.82. The van der Waals surface area contributed by atoms with Crippen molar-refractivity contribution in [3.05, 3.63) is 43.9 Å². The first-order chi connectivity index (χ1) is 6.79. The zero-order chi connectivity index (χ0) is 10.4. The Bertz CT molecular complexity index is 314. The second-order valence-corrected chi connectivity index (χ2v) is 2.64. The van der Waals surface area contributed by atoms with Gasteiger partial charge in [-0.25, -0.2) is 0 Å². The van der Waals surface area contributed by atoms with Crippen molar-refractivity contribution in [2.75, 3.05) is 11.4 Å². The molecule has 1 aromatic heterocycles. The van der Waals surface area contributed by atoms with Crippen LogP contribution in [0, 0.1) is 12.5 Å². The van der Waals surface area contributed by atoms with E-state index in [9.17, 15) is 4.79 Å². The molecule has 0 spiro atoms. The first-order valence-electron chi connectivity index (χ1n) is 4.19. The highest BCUT2D eigenvalue weighted by atomic mass is 16.3. The van der Waals surface area contributed by atoms with Crippen LogP contribution in [0.15, 0.2) is 35.8 Å². The maximum atomic E-state index is 11.6. The van der Waals surface area contributed by atoms with E-state index in [2.05, 4.69) is 30.1 Å². The molecule has 0 aliphatic heterocycles. The van der Waals surface area contributed by atoms with Gasteiger partial charge in [-0.3, -0.25) is 4.79 Å². The number of amides is 1. The number of rotatable bonds is 5. The summed E-state index contributed by atoms with van der Waals surface area (Å²) >= 11 is 0. The molecule has 14 heavy (non-hydrogen) atoms. The van der Waals surface area contributed by atoms with Gasteiger partial charge in [-0.1, -0.05) is 12.2 Å². The summed E-state index contributed by atoms with van der Waals surface area (Å²) in [5.41, 5.74) is 0.566. The van der Waals surface area contributed by atoms with Crippen LogP contribution in [0.1, 0.15) is 6.42 Å². The van der Waals surface area contributed by atoms with E-state index >= 15 is 0 Å². The van der Waals surface area contributed by atoms with Crippen LogP contribution in [0.2, 0.25) is 0 Å². The summed E-state index contributed by atoms with van der Waals surface area (Å²) < 4.78 is 4.67. The molecule has 0 unspecified atom stereocenters. The van der Waals surface area contributed by atoms with Crippen LogP contribution in [0.5, 0.6) is 0 Å². The van der Waals surface area contributed by atoms with Crippen LogP contribution in [0.4, 0.5) is 5.69 Å². The molecule has 0 N–H and O–H groups in total. The number of nitrogens with zero attached hydrogens (tertiary/aromatic N) is 1. The Balaban J connectivity index is 2.78. The van der Waals surface area contributed by atoms with Gasteiger partial charge >= 0.3 is 0 Å². The van der Waals surface area contributed by atoms with E-state index in [1.165, 1.54) is 4.90 Å². The minimum absolute atomic E-state index is 0.0639. The number of hydrogen-bond acceptors (Lipinski definition) is 2. The molecule has 0 aliphatic rings. The maximum absolute atomic E-state index is 11.6. The lowest BCUT2D eigenvalue weighted by atomic mass is 10.3. The minimum atomic E-state index is -0.0639. The highest BCUT2D eigenvalue weighted by Crippen LogP contribution is 2.14. The number of furan rings is 1. The summed E-state index contributed by atoms with van der Waals surface area (Å²) in [7, 11) is 0. The Morgan fingerprint density at radius 1 is 1.57 bits per heavy atom. The van der Waals surface area contributed by atoms with Gasteiger partial charge in [0.1, 0.15) is 0 Å². The van der Waals surface area contributed by atoms with E-state index in [1.807, 2.05) is 0 Å². The first-order valence-corrected chi connectivity index (χ1v) is 4.19. The van der Waals surface area contributed by atoms with Crippen LogP contribution in [-0.2, 0) is 4.79 Å². The summed E-state index contributed by atoms with van der Waals surface area (Å²) in [6, 6.07) is 1.56. The van der Waals surface area contributed by atoms with Crippen molar-refractivity contribution < 1.29 is 9.21 Å². The number of anilines is 1. The van der Waals surface area contributed by atoms with Crippen molar-refractivity contribution in [2.24, 2.45) is 0 Å². The van der Waals surface area contributed by atoms with Gasteiger partial charge in [0.05, 0.1) is 5.69 Å². The second-order valence-electron chi connectivity index (χ2n) is 2.64. The van der Waals surface area contributed by atoms with Crippen molar-refractivity contribution in [1.82, 2.24) is 0 Å². The topological polar surface area (TPSA) is 33.5 Å². The normalized spacial score (nSPS) is 9.43. The molecular formula is C11H11NO2. The third-order valence-corrected chi connectivity index (χ3v) is 1.63. The van der Waals surface area contributed by atoms with Crippen LogP contribution in [-0.4, -0.2) is 12.5 Å². The summed E-state index contributed by atoms with van der Waals surface area (Å²) in [6.07, 6.45) is 8.52. The third kappa shape index (κ3) is 2.36. The SMILES string of the molecule is C=CCC(=O)N(CC=C)c1[c]o[c]c1. The lowest BCUT2D eigenvalue weighted by Crippen LogP contribution is -2.29. The summed E-state index contributed by atoms with van der Waals surface area (Å²) in [5.74, 6) is -0.0639. The zero-order valence-corrected chi connectivity index (χ0v) is 7.82. The number of carbonyl (C=O) groups is 1. The van der Waals surface area contributed by atoms with Crippen molar-refractivity contribution in [3.63, 3.8) is 0 Å². The van der Waals surface area contributed by atoms with Crippen molar-refractivity contribution in [2.45, 2.75) is 6.42 Å². The van der Waals surface area contributed by atoms with E-state index in [0.29, 0.717) is 12.2 Å². The molecule has 1 heterocycles. The van der Waals surface area contributed by atoms with Gasteiger partial charge in [0.25, 0.3) is 0 Å². The van der Waals surface area contributed by atoms with Crippen LogP contribution >= 0.6 is 0 Å². The molecule has 2 radical (unpaired) electrons. The second kappa shape index (κ2) is 5.07. The molecular weight excluding hydrogens is 178 g/mol. The largest absolute Gasteiger partial charge is 0.447 e. The fourth-order valence-corrected chi connectivity index (χ4v) is 1.03. The molecule has 3 nitrogen and oxygen atoms in total. The Labute approximate surface area is 83.3 Å². The van der Waals surface area contributed by atoms with E-state index < -0.39 is 0 Å². The molecule has 0 saturated carbocycles. The molecule has 1 rings (SSSR count). The fraction of sp³-hybridized carbons (Fsp3) is 0.182. The lowest BCUT2D eigenvalue weighted by Gasteiger charge is -2.17. The predicted octanol–water partition coefficient (Wildman–Crippen LogP) is 1.98. The van der Waals surface area contributed by atoms with Crippen molar-refractivity contribution in [1.29, 1.82) is 0 Å². The van der Waals surface area contributed by atoms with Gasteiger partial charge in [0.15, 0.2) is 12.5 Å². The molecule has 0 bridgehead atoms. The first kappa shape index (κ1) is 10.3. The third-order valence-electron chi connectivity index (χ3n) is 1.63. The van der Waals surface area contributed by atoms with Crippen molar-refractivity contribution in [3.8, 4) is 0 Å². The maximum Gasteiger partial charge on any atom is 0.231 e. The van der Waals surface area contributed by atoms with Gasteiger partial charge in [-0.15, -0.1) is 13.2 Å². The van der Waals surface area contributed by atoms with Crippen molar-refractivity contribution >= 4 is 11.6 Å². The van der Waals surface area contributed by atoms with E-state index in [1.54, 1.807) is 18.2 Å². The molecule has 0 saturated heterocycles. The van der Waals surface area contributed by atoms with E-state index in [0.717, 1.165) is 0 Å². The number of carbonyl (C=O) groups excluding carboxylic acids is 1. The molecule has 1 aromatic rings. The Kier molecular flexibility index (Phi) is 3.73. The average molecular weight is 189 g/mol. The monoisotopic (exact) mass is 189 g/mol. The van der Waals surface area contributed by atoms with Crippen LogP contribution in [0.3, 0.4) is 0 Å². The average Bonchev–Trinajstić information content (AvgIpc) is 2.67. The number of hydrogen-bond donors (Lipinski definition) is 0. The summed E-state index contributed by atoms with van der Waals surface area (Å²) in [6.45, 7) is 7.52. The van der Waals surface area contributed by atoms with Gasteiger partial charge in [-0.2, -0.15) is 0 Å². The Morgan fingerprint density at radius 2 is 2.36 bits per heavy atom. The van der Waals surface area contributed by atoms with Gasteiger partial charge in [0.2, 0.25) is 5.91 Å². The standard InChI is InChI=1S/C11H11NO2/c1-3-5-11(13)12(7-4-2)10-6-8-14-9-10/h3-4,6H,1-2,5,7H2. The minimum Gasteiger partial charge on any atom is -0.447 e. The summed E-state index contributed by atoms with van der Waals surface area (Å²) in [4.78, 5) is 13.1. The van der Waals surface area contributed by atoms with E-state index in [4.69, 9.17) is 0 Å². The molecule has 72 valence electrons. The highest BCUT2D eigenvalue weighted by Gasteiger charge is 2.13. The summed E-state index contributed by atoms with van der Waals surface area (Å²) in [5, 5.41) is 0. The molecule has 0 atom stereocenters. The Hall–Kier alpha value is -1.77. The van der Waals surface area contributed by atoms with Crippen LogP contribution in [0.25, 0.3) is 0 Å². The molecule has 0 fully saturated rings. The quantitative estimate of drug-likeness (QED) is 0.663. The molecule has 0 aliphatic carbocycles. The highest BCUT2D eigenvalue weighted by molar-refractivity contribution is 5.94. The smallest absolute Gasteiger partial charge is 0.231 e. The predicted molar refractivity (Wildman–Crippen MR) is 53.7 cm³/mol. The van der Waals surface area contributed by atoms with Gasteiger partial charge in [0, 0.05) is 19.0 Å². The molecule has 3 heteroatoms.